The van der Waals surface area contributed by atoms with Crippen LogP contribution in [-0.2, 0) is 21.9 Å². The molecule has 1 atom stereocenters. The lowest BCUT2D eigenvalue weighted by molar-refractivity contribution is -0.120. The van der Waals surface area contributed by atoms with Crippen molar-refractivity contribution in [2.75, 3.05) is 18.4 Å². The lowest BCUT2D eigenvalue weighted by Gasteiger charge is -2.31. The van der Waals surface area contributed by atoms with Crippen molar-refractivity contribution in [1.82, 2.24) is 19.0 Å². The van der Waals surface area contributed by atoms with Crippen LogP contribution in [-0.4, -0.2) is 46.4 Å². The maximum Gasteiger partial charge on any atom is 0.248 e. The zero-order valence-corrected chi connectivity index (χ0v) is 19.7. The Morgan fingerprint density at radius 3 is 2.62 bits per heavy atom. The zero-order chi connectivity index (χ0) is 22.9. The van der Waals surface area contributed by atoms with Crippen molar-refractivity contribution in [3.05, 3.63) is 48.1 Å². The maximum absolute atomic E-state index is 13.1. The Kier molecular flexibility index (Phi) is 6.40. The number of carbonyl (C=O) groups excluding carboxylic acids is 1. The van der Waals surface area contributed by atoms with Gasteiger partial charge in [0.15, 0.2) is 10.9 Å². The third kappa shape index (κ3) is 4.59. The van der Waals surface area contributed by atoms with Gasteiger partial charge in [0.25, 0.3) is 0 Å². The van der Waals surface area contributed by atoms with Gasteiger partial charge in [0.2, 0.25) is 15.9 Å². The molecule has 170 valence electrons. The molecule has 2 aromatic heterocycles. The fourth-order valence-corrected chi connectivity index (χ4v) is 6.37. The third-order valence-electron chi connectivity index (χ3n) is 5.43. The molecule has 1 aliphatic heterocycles. The number of amides is 1. The summed E-state index contributed by atoms with van der Waals surface area (Å²) in [6, 6.07) is 7.52. The fourth-order valence-electron chi connectivity index (χ4n) is 3.75. The molecule has 1 aliphatic rings. The Bertz CT molecular complexity index is 1200. The minimum absolute atomic E-state index is 0.0966. The summed E-state index contributed by atoms with van der Waals surface area (Å²) in [6.07, 6.45) is 4.87. The molecule has 1 amide bonds. The van der Waals surface area contributed by atoms with Gasteiger partial charge >= 0.3 is 0 Å². The molecule has 0 radical (unpaired) electrons. The Labute approximate surface area is 191 Å². The van der Waals surface area contributed by atoms with E-state index in [1.807, 2.05) is 42.1 Å². The number of aryl methyl sites for hydroxylation is 3. The molecule has 9 nitrogen and oxygen atoms in total. The molecule has 0 aliphatic carbocycles. The number of hydrogen-bond acceptors (Lipinski definition) is 7. The lowest BCUT2D eigenvalue weighted by Crippen LogP contribution is -2.43. The van der Waals surface area contributed by atoms with Crippen molar-refractivity contribution in [1.29, 1.82) is 0 Å². The molecule has 32 heavy (non-hydrogen) atoms. The molecule has 1 N–H and O–H groups in total. The molecule has 1 unspecified atom stereocenters. The van der Waals surface area contributed by atoms with Crippen LogP contribution in [0.1, 0.15) is 24.3 Å². The van der Waals surface area contributed by atoms with E-state index in [1.165, 1.54) is 16.1 Å². The number of nitrogens with one attached hydrogen (secondary N) is 1. The summed E-state index contributed by atoms with van der Waals surface area (Å²) in [5.74, 6) is -0.355. The first-order valence-corrected chi connectivity index (χ1v) is 12.5. The van der Waals surface area contributed by atoms with Crippen LogP contribution in [0, 0.1) is 19.8 Å². The third-order valence-corrected chi connectivity index (χ3v) is 8.62. The molecule has 0 spiro atoms. The molecule has 0 bridgehead atoms. The highest BCUT2D eigenvalue weighted by Crippen LogP contribution is 2.29. The minimum atomic E-state index is -3.77. The molecule has 1 saturated heterocycles. The van der Waals surface area contributed by atoms with E-state index in [1.54, 1.807) is 20.0 Å². The SMILES string of the molecule is Cc1noc(C)c1S(=O)(=O)N1CCCC(C(=O)Nc2ccc(Sc3nccn3C)cc2)C1. The van der Waals surface area contributed by atoms with E-state index >= 15 is 0 Å². The normalized spacial score (nSPS) is 17.4. The summed E-state index contributed by atoms with van der Waals surface area (Å²) in [4.78, 5) is 18.3. The molecule has 1 aromatic carbocycles. The second-order valence-corrected chi connectivity index (χ2v) is 10.7. The smallest absolute Gasteiger partial charge is 0.248 e. The summed E-state index contributed by atoms with van der Waals surface area (Å²) < 4.78 is 34.5. The van der Waals surface area contributed by atoms with Gasteiger partial charge in [-0.1, -0.05) is 16.9 Å². The van der Waals surface area contributed by atoms with Gasteiger partial charge in [-0.05, 0) is 51.0 Å². The van der Waals surface area contributed by atoms with Crippen LogP contribution in [0.5, 0.6) is 0 Å². The number of piperidine rings is 1. The van der Waals surface area contributed by atoms with Gasteiger partial charge in [0, 0.05) is 43.1 Å². The summed E-state index contributed by atoms with van der Waals surface area (Å²) >= 11 is 1.53. The number of hydrogen-bond donors (Lipinski definition) is 1. The number of nitrogens with zero attached hydrogens (tertiary/aromatic N) is 4. The standard InChI is InChI=1S/C21H25N5O4S2/c1-14-19(15(2)30-24-14)32(28,29)26-11-4-5-16(13-26)20(27)23-17-6-8-18(9-7-17)31-21-22-10-12-25(21)3/h6-10,12,16H,4-5,11,13H2,1-3H3,(H,23,27). The molecule has 3 heterocycles. The van der Waals surface area contributed by atoms with Gasteiger partial charge in [-0.3, -0.25) is 4.79 Å². The van der Waals surface area contributed by atoms with Crippen molar-refractivity contribution < 1.29 is 17.7 Å². The molecular formula is C21H25N5O4S2. The topological polar surface area (TPSA) is 110 Å². The average molecular weight is 476 g/mol. The quantitative estimate of drug-likeness (QED) is 0.583. The molecular weight excluding hydrogens is 450 g/mol. The van der Waals surface area contributed by atoms with Gasteiger partial charge in [-0.15, -0.1) is 0 Å². The number of benzene rings is 1. The second-order valence-electron chi connectivity index (χ2n) is 7.79. The van der Waals surface area contributed by atoms with Crippen LogP contribution in [0.25, 0.3) is 0 Å². The van der Waals surface area contributed by atoms with E-state index in [0.29, 0.717) is 30.8 Å². The van der Waals surface area contributed by atoms with Gasteiger partial charge in [0.1, 0.15) is 10.6 Å². The van der Waals surface area contributed by atoms with Crippen LogP contribution in [0.2, 0.25) is 0 Å². The number of anilines is 1. The average Bonchev–Trinajstić information content (AvgIpc) is 3.34. The van der Waals surface area contributed by atoms with Crippen LogP contribution in [0.15, 0.2) is 56.1 Å². The van der Waals surface area contributed by atoms with E-state index < -0.39 is 15.9 Å². The highest BCUT2D eigenvalue weighted by molar-refractivity contribution is 7.99. The van der Waals surface area contributed by atoms with Gasteiger partial charge < -0.3 is 14.4 Å². The fraction of sp³-hybridized carbons (Fsp3) is 0.381. The van der Waals surface area contributed by atoms with E-state index in [2.05, 4.69) is 15.5 Å². The van der Waals surface area contributed by atoms with E-state index in [-0.39, 0.29) is 23.1 Å². The summed E-state index contributed by atoms with van der Waals surface area (Å²) in [5.41, 5.74) is 1.00. The highest BCUT2D eigenvalue weighted by Gasteiger charge is 2.36. The molecule has 4 rings (SSSR count). The lowest BCUT2D eigenvalue weighted by atomic mass is 9.99. The predicted octanol–water partition coefficient (Wildman–Crippen LogP) is 3.22. The monoisotopic (exact) mass is 475 g/mol. The van der Waals surface area contributed by atoms with Crippen molar-refractivity contribution in [3.8, 4) is 0 Å². The number of carbonyl (C=O) groups is 1. The number of aromatic nitrogens is 3. The Balaban J connectivity index is 1.41. The Morgan fingerprint density at radius 1 is 1.25 bits per heavy atom. The number of sulfonamides is 1. The van der Waals surface area contributed by atoms with Crippen LogP contribution >= 0.6 is 11.8 Å². The van der Waals surface area contributed by atoms with Crippen LogP contribution in [0.3, 0.4) is 0 Å². The van der Waals surface area contributed by atoms with Crippen LogP contribution in [0.4, 0.5) is 5.69 Å². The van der Waals surface area contributed by atoms with Gasteiger partial charge in [0.05, 0.1) is 5.92 Å². The maximum atomic E-state index is 13.1. The highest BCUT2D eigenvalue weighted by atomic mass is 32.2. The molecule has 11 heteroatoms. The molecule has 1 fully saturated rings. The Morgan fingerprint density at radius 2 is 2.00 bits per heavy atom. The van der Waals surface area contributed by atoms with Crippen molar-refractivity contribution in [2.45, 2.75) is 41.6 Å². The summed E-state index contributed by atoms with van der Waals surface area (Å²) in [5, 5.41) is 7.55. The van der Waals surface area contributed by atoms with Gasteiger partial charge in [-0.2, -0.15) is 4.31 Å². The second kappa shape index (κ2) is 9.08. The van der Waals surface area contributed by atoms with Crippen LogP contribution < -0.4 is 5.32 Å². The Hall–Kier alpha value is -2.63. The van der Waals surface area contributed by atoms with Crippen molar-refractivity contribution >= 4 is 33.4 Å². The predicted molar refractivity (Wildman–Crippen MR) is 120 cm³/mol. The van der Waals surface area contributed by atoms with Gasteiger partial charge in [-0.25, -0.2) is 13.4 Å². The molecule has 3 aromatic rings. The largest absolute Gasteiger partial charge is 0.360 e. The van der Waals surface area contributed by atoms with Crippen molar-refractivity contribution in [2.24, 2.45) is 13.0 Å². The first-order chi connectivity index (χ1) is 15.3. The van der Waals surface area contributed by atoms with Crippen molar-refractivity contribution in [3.63, 3.8) is 0 Å². The van der Waals surface area contributed by atoms with E-state index in [9.17, 15) is 13.2 Å². The zero-order valence-electron chi connectivity index (χ0n) is 18.1. The van der Waals surface area contributed by atoms with E-state index in [0.717, 1.165) is 10.1 Å². The first kappa shape index (κ1) is 22.6. The summed E-state index contributed by atoms with van der Waals surface area (Å²) in [6.45, 7) is 3.69. The van der Waals surface area contributed by atoms with E-state index in [4.69, 9.17) is 4.52 Å². The first-order valence-electron chi connectivity index (χ1n) is 10.2. The number of rotatable bonds is 6. The number of imidazole rings is 1. The molecule has 0 saturated carbocycles. The minimum Gasteiger partial charge on any atom is -0.360 e. The summed E-state index contributed by atoms with van der Waals surface area (Å²) in [7, 11) is -1.83.